The quantitative estimate of drug-likeness (QED) is 0.735. The zero-order valence-electron chi connectivity index (χ0n) is 16.6. The maximum Gasteiger partial charge on any atom is 0.0962 e. The van der Waals surface area contributed by atoms with E-state index in [1.54, 1.807) is 5.57 Å². The van der Waals surface area contributed by atoms with E-state index in [-0.39, 0.29) is 6.10 Å². The zero-order valence-corrected chi connectivity index (χ0v) is 16.6. The molecule has 2 heteroatoms. The van der Waals surface area contributed by atoms with Gasteiger partial charge in [-0.3, -0.25) is 0 Å². The van der Waals surface area contributed by atoms with Gasteiger partial charge in [0.25, 0.3) is 0 Å². The van der Waals surface area contributed by atoms with Gasteiger partial charge in [-0.05, 0) is 98.5 Å². The molecule has 0 bridgehead atoms. The SMILES string of the molecule is CCOC1=CC2=CCC3C(CC[C@]4(C)C3CC[C@H]4C(C)O)[C@]2(C)CC1. The summed E-state index contributed by atoms with van der Waals surface area (Å²) in [5, 5.41) is 10.3. The Hall–Kier alpha value is -0.760. The van der Waals surface area contributed by atoms with E-state index in [9.17, 15) is 5.11 Å². The fourth-order valence-corrected chi connectivity index (χ4v) is 7.43. The average Bonchev–Trinajstić information content (AvgIpc) is 2.93. The van der Waals surface area contributed by atoms with E-state index >= 15 is 0 Å². The maximum absolute atomic E-state index is 10.3. The second kappa shape index (κ2) is 6.15. The topological polar surface area (TPSA) is 29.5 Å². The molecule has 0 amide bonds. The van der Waals surface area contributed by atoms with Gasteiger partial charge in [0.1, 0.15) is 0 Å². The highest BCUT2D eigenvalue weighted by molar-refractivity contribution is 5.35. The molecule has 4 unspecified atom stereocenters. The minimum atomic E-state index is -0.150. The summed E-state index contributed by atoms with van der Waals surface area (Å²) in [5.41, 5.74) is 2.25. The lowest BCUT2D eigenvalue weighted by Gasteiger charge is -2.57. The largest absolute Gasteiger partial charge is 0.498 e. The molecule has 7 atom stereocenters. The van der Waals surface area contributed by atoms with Crippen molar-refractivity contribution in [1.29, 1.82) is 0 Å². The summed E-state index contributed by atoms with van der Waals surface area (Å²) in [7, 11) is 0. The third-order valence-electron chi connectivity index (χ3n) is 8.72. The minimum absolute atomic E-state index is 0.150. The molecule has 0 aromatic rings. The smallest absolute Gasteiger partial charge is 0.0962 e. The van der Waals surface area contributed by atoms with Crippen molar-refractivity contribution in [3.05, 3.63) is 23.5 Å². The summed E-state index contributed by atoms with van der Waals surface area (Å²) in [6.45, 7) is 9.90. The van der Waals surface area contributed by atoms with Gasteiger partial charge >= 0.3 is 0 Å². The number of allylic oxidation sites excluding steroid dienone is 4. The number of hydrogen-bond acceptors (Lipinski definition) is 2. The van der Waals surface area contributed by atoms with Crippen molar-refractivity contribution in [1.82, 2.24) is 0 Å². The second-order valence-electron chi connectivity index (χ2n) is 9.70. The molecular weight excluding hydrogens is 308 g/mol. The molecule has 2 nitrogen and oxygen atoms in total. The third-order valence-corrected chi connectivity index (χ3v) is 8.72. The normalized spacial score (nSPS) is 47.1. The fraction of sp³-hybridized carbons (Fsp3) is 0.826. The number of rotatable bonds is 3. The van der Waals surface area contributed by atoms with Crippen molar-refractivity contribution in [2.45, 2.75) is 78.7 Å². The predicted octanol–water partition coefficient (Wildman–Crippen LogP) is 5.48. The highest BCUT2D eigenvalue weighted by Gasteiger charge is 2.58. The van der Waals surface area contributed by atoms with Crippen molar-refractivity contribution in [2.24, 2.45) is 34.5 Å². The van der Waals surface area contributed by atoms with Crippen LogP contribution >= 0.6 is 0 Å². The molecule has 0 aromatic heterocycles. The molecule has 2 saturated carbocycles. The first-order chi connectivity index (χ1) is 11.9. The molecule has 2 fully saturated rings. The first kappa shape index (κ1) is 17.6. The Kier molecular flexibility index (Phi) is 4.34. The van der Waals surface area contributed by atoms with Crippen LogP contribution in [0.25, 0.3) is 0 Å². The Balaban J connectivity index is 1.63. The van der Waals surface area contributed by atoms with E-state index in [2.05, 4.69) is 32.9 Å². The minimum Gasteiger partial charge on any atom is -0.498 e. The first-order valence-electron chi connectivity index (χ1n) is 10.6. The summed E-state index contributed by atoms with van der Waals surface area (Å²) in [4.78, 5) is 0. The van der Waals surface area contributed by atoms with Gasteiger partial charge in [-0.2, -0.15) is 0 Å². The molecule has 25 heavy (non-hydrogen) atoms. The summed E-state index contributed by atoms with van der Waals surface area (Å²) >= 11 is 0. The summed E-state index contributed by atoms with van der Waals surface area (Å²) < 4.78 is 5.83. The van der Waals surface area contributed by atoms with Gasteiger partial charge in [-0.1, -0.05) is 19.9 Å². The number of fused-ring (bicyclic) bond motifs is 5. The maximum atomic E-state index is 10.3. The molecule has 0 saturated heterocycles. The standard InChI is InChI=1S/C23H36O2/c1-5-25-17-10-12-22(3)16(14-17)6-7-18-20-9-8-19(15(2)24)23(20,4)13-11-21(18)22/h6,14-15,18-21,24H,5,7-13H2,1-4H3/t15?,18?,19-,20?,21?,22+,23-/m0/s1. The molecule has 4 rings (SSSR count). The van der Waals surface area contributed by atoms with Gasteiger partial charge in [0.2, 0.25) is 0 Å². The Morgan fingerprint density at radius 1 is 1.20 bits per heavy atom. The highest BCUT2D eigenvalue weighted by Crippen LogP contribution is 2.66. The van der Waals surface area contributed by atoms with Gasteiger partial charge in [0, 0.05) is 6.42 Å². The van der Waals surface area contributed by atoms with Gasteiger partial charge in [-0.15, -0.1) is 0 Å². The number of hydrogen-bond donors (Lipinski definition) is 1. The van der Waals surface area contributed by atoms with Crippen LogP contribution in [0.15, 0.2) is 23.5 Å². The van der Waals surface area contributed by atoms with Gasteiger partial charge in [-0.25, -0.2) is 0 Å². The molecule has 4 aliphatic rings. The highest BCUT2D eigenvalue weighted by atomic mass is 16.5. The van der Waals surface area contributed by atoms with Gasteiger partial charge in [0.05, 0.1) is 18.5 Å². The predicted molar refractivity (Wildman–Crippen MR) is 102 cm³/mol. The van der Waals surface area contributed by atoms with Crippen molar-refractivity contribution >= 4 is 0 Å². The monoisotopic (exact) mass is 344 g/mol. The van der Waals surface area contributed by atoms with Crippen LogP contribution in [0, 0.1) is 34.5 Å². The number of aliphatic hydroxyl groups is 1. The van der Waals surface area contributed by atoms with Gasteiger partial charge in [0.15, 0.2) is 0 Å². The van der Waals surface area contributed by atoms with Crippen LogP contribution in [0.1, 0.15) is 72.6 Å². The third kappa shape index (κ3) is 2.54. The van der Waals surface area contributed by atoms with Crippen molar-refractivity contribution in [3.63, 3.8) is 0 Å². The van der Waals surface area contributed by atoms with E-state index < -0.39 is 0 Å². The molecule has 4 aliphatic carbocycles. The lowest BCUT2D eigenvalue weighted by Crippen LogP contribution is -2.50. The van der Waals surface area contributed by atoms with Crippen molar-refractivity contribution < 1.29 is 9.84 Å². The van der Waals surface area contributed by atoms with Crippen LogP contribution in [0.3, 0.4) is 0 Å². The molecular formula is C23H36O2. The van der Waals surface area contributed by atoms with Crippen LogP contribution in [0.4, 0.5) is 0 Å². The number of aliphatic hydroxyl groups excluding tert-OH is 1. The molecule has 1 N–H and O–H groups in total. The summed E-state index contributed by atoms with van der Waals surface area (Å²) in [6.07, 6.45) is 13.5. The molecule has 0 radical (unpaired) electrons. The lowest BCUT2D eigenvalue weighted by atomic mass is 9.48. The molecule has 0 spiro atoms. The van der Waals surface area contributed by atoms with E-state index in [0.29, 0.717) is 16.7 Å². The summed E-state index contributed by atoms with van der Waals surface area (Å²) in [6, 6.07) is 0. The molecule has 0 aliphatic heterocycles. The Morgan fingerprint density at radius 3 is 2.72 bits per heavy atom. The van der Waals surface area contributed by atoms with Crippen LogP contribution in [-0.4, -0.2) is 17.8 Å². The average molecular weight is 345 g/mol. The zero-order chi connectivity index (χ0) is 17.8. The first-order valence-corrected chi connectivity index (χ1v) is 10.6. The molecule has 0 aromatic carbocycles. The number of ether oxygens (including phenoxy) is 1. The van der Waals surface area contributed by atoms with E-state index in [0.717, 1.165) is 30.8 Å². The fourth-order valence-electron chi connectivity index (χ4n) is 7.43. The van der Waals surface area contributed by atoms with E-state index in [1.165, 1.54) is 44.3 Å². The van der Waals surface area contributed by atoms with Crippen LogP contribution in [-0.2, 0) is 4.74 Å². The van der Waals surface area contributed by atoms with Crippen molar-refractivity contribution in [2.75, 3.05) is 6.61 Å². The van der Waals surface area contributed by atoms with E-state index in [4.69, 9.17) is 4.74 Å². The lowest BCUT2D eigenvalue weighted by molar-refractivity contribution is -0.0594. The molecule has 140 valence electrons. The van der Waals surface area contributed by atoms with Crippen LogP contribution < -0.4 is 0 Å². The van der Waals surface area contributed by atoms with Crippen molar-refractivity contribution in [3.8, 4) is 0 Å². The Labute approximate surface area is 153 Å². The Bertz CT molecular complexity index is 589. The summed E-state index contributed by atoms with van der Waals surface area (Å²) in [5.74, 6) is 4.14. The van der Waals surface area contributed by atoms with E-state index in [1.807, 2.05) is 6.92 Å². The molecule has 0 heterocycles. The van der Waals surface area contributed by atoms with Gasteiger partial charge < -0.3 is 9.84 Å². The van der Waals surface area contributed by atoms with Crippen LogP contribution in [0.5, 0.6) is 0 Å². The van der Waals surface area contributed by atoms with Crippen LogP contribution in [0.2, 0.25) is 0 Å². The second-order valence-corrected chi connectivity index (χ2v) is 9.70. The Morgan fingerprint density at radius 2 is 2.00 bits per heavy atom.